The van der Waals surface area contributed by atoms with Gasteiger partial charge in [0, 0.05) is 0 Å². The minimum atomic E-state index is -3.26. The SMILES string of the molecule is COC(=O)[C@@H](NC(=O)CC(F)(F)CN)C(C)C. The van der Waals surface area contributed by atoms with Gasteiger partial charge in [-0.05, 0) is 5.92 Å². The van der Waals surface area contributed by atoms with Crippen molar-refractivity contribution in [2.45, 2.75) is 32.2 Å². The van der Waals surface area contributed by atoms with Crippen molar-refractivity contribution in [3.63, 3.8) is 0 Å². The molecule has 0 aromatic carbocycles. The third-order valence-electron chi connectivity index (χ3n) is 2.16. The number of hydrogen-bond acceptors (Lipinski definition) is 4. The van der Waals surface area contributed by atoms with Crippen molar-refractivity contribution in [2.24, 2.45) is 11.7 Å². The van der Waals surface area contributed by atoms with Crippen LogP contribution >= 0.6 is 0 Å². The summed E-state index contributed by atoms with van der Waals surface area (Å²) in [6.45, 7) is 2.43. The van der Waals surface area contributed by atoms with Crippen LogP contribution in [-0.2, 0) is 14.3 Å². The summed E-state index contributed by atoms with van der Waals surface area (Å²) in [5, 5.41) is 2.21. The van der Waals surface area contributed by atoms with E-state index in [1.54, 1.807) is 13.8 Å². The molecule has 5 nitrogen and oxygen atoms in total. The molecular weight excluding hydrogens is 234 g/mol. The van der Waals surface area contributed by atoms with Gasteiger partial charge in [-0.25, -0.2) is 13.6 Å². The van der Waals surface area contributed by atoms with Crippen LogP contribution in [0.25, 0.3) is 0 Å². The number of nitrogens with two attached hydrogens (primary N) is 1. The number of esters is 1. The largest absolute Gasteiger partial charge is 0.467 e. The van der Waals surface area contributed by atoms with Crippen LogP contribution in [0.1, 0.15) is 20.3 Å². The van der Waals surface area contributed by atoms with E-state index >= 15 is 0 Å². The topological polar surface area (TPSA) is 81.4 Å². The molecule has 0 aliphatic rings. The zero-order valence-electron chi connectivity index (χ0n) is 10.1. The van der Waals surface area contributed by atoms with Gasteiger partial charge >= 0.3 is 5.97 Å². The first-order chi connectivity index (χ1) is 7.73. The number of amides is 1. The Kier molecular flexibility index (Phi) is 6.01. The molecule has 0 aliphatic heterocycles. The van der Waals surface area contributed by atoms with Crippen LogP contribution in [0.5, 0.6) is 0 Å². The van der Waals surface area contributed by atoms with Gasteiger partial charge in [0.05, 0.1) is 20.1 Å². The van der Waals surface area contributed by atoms with E-state index in [0.717, 1.165) is 0 Å². The highest BCUT2D eigenvalue weighted by atomic mass is 19.3. The molecule has 3 N–H and O–H groups in total. The van der Waals surface area contributed by atoms with Crippen molar-refractivity contribution in [3.05, 3.63) is 0 Å². The lowest BCUT2D eigenvalue weighted by Gasteiger charge is -2.21. The molecule has 1 atom stereocenters. The summed E-state index contributed by atoms with van der Waals surface area (Å²) in [7, 11) is 1.17. The highest BCUT2D eigenvalue weighted by Gasteiger charge is 2.33. The molecule has 0 heterocycles. The van der Waals surface area contributed by atoms with Crippen LogP contribution in [0.15, 0.2) is 0 Å². The van der Waals surface area contributed by atoms with Crippen molar-refractivity contribution in [3.8, 4) is 0 Å². The van der Waals surface area contributed by atoms with Crippen molar-refractivity contribution in [1.29, 1.82) is 0 Å². The summed E-state index contributed by atoms with van der Waals surface area (Å²) in [4.78, 5) is 22.6. The molecule has 7 heteroatoms. The molecule has 17 heavy (non-hydrogen) atoms. The van der Waals surface area contributed by atoms with Gasteiger partial charge in [-0.15, -0.1) is 0 Å². The minimum Gasteiger partial charge on any atom is -0.467 e. The lowest BCUT2D eigenvalue weighted by molar-refractivity contribution is -0.147. The van der Waals surface area contributed by atoms with Gasteiger partial charge in [-0.1, -0.05) is 13.8 Å². The Labute approximate surface area is 98.7 Å². The quantitative estimate of drug-likeness (QED) is 0.665. The normalized spacial score (nSPS) is 13.4. The van der Waals surface area contributed by atoms with Gasteiger partial charge in [0.25, 0.3) is 5.92 Å². The molecular formula is C10H18F2N2O3. The third kappa shape index (κ3) is 5.58. The summed E-state index contributed by atoms with van der Waals surface area (Å²) in [6.07, 6.45) is -1.04. The molecule has 0 spiro atoms. The van der Waals surface area contributed by atoms with E-state index in [1.165, 1.54) is 7.11 Å². The fraction of sp³-hybridized carbons (Fsp3) is 0.800. The summed E-state index contributed by atoms with van der Waals surface area (Å²) in [5.74, 6) is -5.10. The predicted molar refractivity (Wildman–Crippen MR) is 57.4 cm³/mol. The monoisotopic (exact) mass is 252 g/mol. The first kappa shape index (κ1) is 15.8. The zero-order valence-corrected chi connectivity index (χ0v) is 10.1. The number of ether oxygens (including phenoxy) is 1. The highest BCUT2D eigenvalue weighted by molar-refractivity contribution is 5.85. The van der Waals surface area contributed by atoms with Gasteiger partial charge < -0.3 is 15.8 Å². The Morgan fingerprint density at radius 1 is 1.41 bits per heavy atom. The molecule has 0 rings (SSSR count). The molecule has 0 saturated heterocycles. The Morgan fingerprint density at radius 3 is 2.29 bits per heavy atom. The van der Waals surface area contributed by atoms with Gasteiger partial charge in [-0.2, -0.15) is 0 Å². The number of methoxy groups -OCH3 is 1. The van der Waals surface area contributed by atoms with Crippen molar-refractivity contribution in [2.75, 3.05) is 13.7 Å². The van der Waals surface area contributed by atoms with Gasteiger partial charge in [0.2, 0.25) is 5.91 Å². The summed E-state index contributed by atoms with van der Waals surface area (Å²) in [6, 6.07) is -0.930. The van der Waals surface area contributed by atoms with Crippen LogP contribution < -0.4 is 11.1 Å². The first-order valence-electron chi connectivity index (χ1n) is 5.18. The van der Waals surface area contributed by atoms with Gasteiger partial charge in [0.1, 0.15) is 6.04 Å². The molecule has 100 valence electrons. The number of hydrogen-bond donors (Lipinski definition) is 2. The maximum Gasteiger partial charge on any atom is 0.328 e. The summed E-state index contributed by atoms with van der Waals surface area (Å²) >= 11 is 0. The maximum absolute atomic E-state index is 12.8. The van der Waals surface area contributed by atoms with Gasteiger partial charge in [0.15, 0.2) is 0 Å². The Balaban J connectivity index is 4.47. The fourth-order valence-corrected chi connectivity index (χ4v) is 1.16. The van der Waals surface area contributed by atoms with Crippen molar-refractivity contribution < 1.29 is 23.1 Å². The Bertz CT molecular complexity index is 283. The number of carbonyl (C=O) groups is 2. The Morgan fingerprint density at radius 2 is 1.94 bits per heavy atom. The predicted octanol–water partition coefficient (Wildman–Crippen LogP) is 0.284. The lowest BCUT2D eigenvalue weighted by Crippen LogP contribution is -2.47. The maximum atomic E-state index is 12.8. The number of alkyl halides is 2. The molecule has 0 unspecified atom stereocenters. The van der Waals surface area contributed by atoms with E-state index in [-0.39, 0.29) is 5.92 Å². The van der Waals surface area contributed by atoms with E-state index in [0.29, 0.717) is 0 Å². The average Bonchev–Trinajstić information content (AvgIpc) is 2.24. The van der Waals surface area contributed by atoms with Crippen LogP contribution in [0.2, 0.25) is 0 Å². The van der Waals surface area contributed by atoms with Gasteiger partial charge in [-0.3, -0.25) is 4.79 Å². The molecule has 0 aromatic rings. The standard InChI is InChI=1S/C10H18F2N2O3/c1-6(2)8(9(16)17-3)14-7(15)4-10(11,12)5-13/h6,8H,4-5,13H2,1-3H3,(H,14,15)/t8-/m0/s1. The molecule has 0 aliphatic carbocycles. The van der Waals surface area contributed by atoms with Crippen molar-refractivity contribution >= 4 is 11.9 Å². The van der Waals surface area contributed by atoms with Crippen LogP contribution in [-0.4, -0.2) is 37.5 Å². The highest BCUT2D eigenvalue weighted by Crippen LogP contribution is 2.16. The molecule has 1 amide bonds. The average molecular weight is 252 g/mol. The number of halogens is 2. The first-order valence-corrected chi connectivity index (χ1v) is 5.18. The number of rotatable bonds is 6. The molecule has 0 radical (unpaired) electrons. The van der Waals surface area contributed by atoms with E-state index in [1.807, 2.05) is 0 Å². The molecule has 0 saturated carbocycles. The second-order valence-electron chi connectivity index (χ2n) is 4.05. The van der Waals surface area contributed by atoms with Crippen LogP contribution in [0.3, 0.4) is 0 Å². The van der Waals surface area contributed by atoms with Crippen molar-refractivity contribution in [1.82, 2.24) is 5.32 Å². The minimum absolute atomic E-state index is 0.252. The van der Waals surface area contributed by atoms with E-state index in [9.17, 15) is 18.4 Å². The van der Waals surface area contributed by atoms with Crippen LogP contribution in [0.4, 0.5) is 8.78 Å². The number of nitrogens with one attached hydrogen (secondary N) is 1. The second kappa shape index (κ2) is 6.48. The smallest absolute Gasteiger partial charge is 0.328 e. The zero-order chi connectivity index (χ0) is 13.6. The summed E-state index contributed by atoms with van der Waals surface area (Å²) in [5.41, 5.74) is 4.81. The molecule has 0 fully saturated rings. The summed E-state index contributed by atoms with van der Waals surface area (Å²) < 4.78 is 30.1. The van der Waals surface area contributed by atoms with E-state index < -0.39 is 36.8 Å². The molecule has 0 aromatic heterocycles. The lowest BCUT2D eigenvalue weighted by atomic mass is 10.0. The van der Waals surface area contributed by atoms with E-state index in [2.05, 4.69) is 10.1 Å². The number of carbonyl (C=O) groups excluding carboxylic acids is 2. The Hall–Kier alpha value is -1.24. The van der Waals surface area contributed by atoms with Crippen LogP contribution in [0, 0.1) is 5.92 Å². The fourth-order valence-electron chi connectivity index (χ4n) is 1.16. The van der Waals surface area contributed by atoms with E-state index in [4.69, 9.17) is 5.73 Å². The third-order valence-corrected chi connectivity index (χ3v) is 2.16. The second-order valence-corrected chi connectivity index (χ2v) is 4.05. The molecule has 0 bridgehead atoms.